The van der Waals surface area contributed by atoms with Gasteiger partial charge in [0.25, 0.3) is 5.91 Å². The van der Waals surface area contributed by atoms with E-state index in [2.05, 4.69) is 26.6 Å². The summed E-state index contributed by atoms with van der Waals surface area (Å²) < 4.78 is 11.7. The Morgan fingerprint density at radius 2 is 2.18 bits per heavy atom. The first-order valence-electron chi connectivity index (χ1n) is 7.15. The molecule has 1 saturated heterocycles. The van der Waals surface area contributed by atoms with Crippen LogP contribution in [0.4, 0.5) is 0 Å². The summed E-state index contributed by atoms with van der Waals surface area (Å²) in [6, 6.07) is 3.48. The Labute approximate surface area is 145 Å². The van der Waals surface area contributed by atoms with Crippen LogP contribution in [0.5, 0.6) is 11.5 Å². The van der Waals surface area contributed by atoms with Gasteiger partial charge in [0.1, 0.15) is 0 Å². The molecular formula is C15H22BrClN2O3. The molecule has 0 unspecified atom stereocenters. The van der Waals surface area contributed by atoms with Gasteiger partial charge in [-0.2, -0.15) is 0 Å². The summed E-state index contributed by atoms with van der Waals surface area (Å²) >= 11 is 3.45. The zero-order chi connectivity index (χ0) is 15.2. The molecule has 22 heavy (non-hydrogen) atoms. The molecule has 2 N–H and O–H groups in total. The van der Waals surface area contributed by atoms with Crippen molar-refractivity contribution < 1.29 is 14.3 Å². The summed E-state index contributed by atoms with van der Waals surface area (Å²) in [6.07, 6.45) is 0.910. The van der Waals surface area contributed by atoms with E-state index >= 15 is 0 Å². The van der Waals surface area contributed by atoms with Crippen molar-refractivity contribution in [2.75, 3.05) is 33.4 Å². The summed E-state index contributed by atoms with van der Waals surface area (Å²) in [7, 11) is 1.57. The van der Waals surface area contributed by atoms with Gasteiger partial charge in [-0.05, 0) is 34.5 Å². The van der Waals surface area contributed by atoms with Gasteiger partial charge in [-0.25, -0.2) is 0 Å². The predicted octanol–water partition coefficient (Wildman–Crippen LogP) is 2.62. The van der Waals surface area contributed by atoms with Crippen molar-refractivity contribution in [1.29, 1.82) is 0 Å². The van der Waals surface area contributed by atoms with Crippen molar-refractivity contribution in [1.82, 2.24) is 10.6 Å². The lowest BCUT2D eigenvalue weighted by molar-refractivity contribution is 0.0941. The molecule has 5 nitrogen and oxygen atoms in total. The Hall–Kier alpha value is -0.980. The lowest BCUT2D eigenvalue weighted by Crippen LogP contribution is -2.48. The predicted molar refractivity (Wildman–Crippen MR) is 92.4 cm³/mol. The molecular weight excluding hydrogens is 372 g/mol. The highest BCUT2D eigenvalue weighted by Crippen LogP contribution is 2.36. The van der Waals surface area contributed by atoms with Crippen LogP contribution in [-0.2, 0) is 0 Å². The number of carbonyl (C=O) groups excluding carboxylic acids is 1. The van der Waals surface area contributed by atoms with Gasteiger partial charge in [-0.3, -0.25) is 4.79 Å². The number of benzene rings is 1. The van der Waals surface area contributed by atoms with Gasteiger partial charge in [0.05, 0.1) is 18.2 Å². The zero-order valence-electron chi connectivity index (χ0n) is 12.8. The minimum atomic E-state index is -0.0945. The Morgan fingerprint density at radius 3 is 2.73 bits per heavy atom. The second kappa shape index (κ2) is 9.22. The van der Waals surface area contributed by atoms with Gasteiger partial charge in [-0.1, -0.05) is 6.92 Å². The van der Waals surface area contributed by atoms with E-state index in [4.69, 9.17) is 9.47 Å². The smallest absolute Gasteiger partial charge is 0.251 e. The number of methoxy groups -OCH3 is 1. The van der Waals surface area contributed by atoms with Gasteiger partial charge in [0.2, 0.25) is 0 Å². The van der Waals surface area contributed by atoms with Crippen molar-refractivity contribution >= 4 is 34.2 Å². The fourth-order valence-electron chi connectivity index (χ4n) is 2.03. The van der Waals surface area contributed by atoms with Crippen LogP contribution in [0, 0.1) is 5.92 Å². The number of halogens is 2. The van der Waals surface area contributed by atoms with E-state index in [0.29, 0.717) is 36.1 Å². The normalized spacial score (nSPS) is 13.8. The maximum atomic E-state index is 12.2. The molecule has 1 fully saturated rings. The highest BCUT2D eigenvalue weighted by molar-refractivity contribution is 9.10. The molecule has 1 heterocycles. The number of carbonyl (C=O) groups is 1. The minimum Gasteiger partial charge on any atom is -0.493 e. The van der Waals surface area contributed by atoms with Gasteiger partial charge in [0, 0.05) is 31.1 Å². The third kappa shape index (κ3) is 4.76. The monoisotopic (exact) mass is 392 g/mol. The highest BCUT2D eigenvalue weighted by Gasteiger charge is 2.19. The maximum absolute atomic E-state index is 12.2. The first-order chi connectivity index (χ1) is 10.2. The van der Waals surface area contributed by atoms with E-state index in [1.807, 2.05) is 6.92 Å². The Kier molecular flexibility index (Phi) is 8.00. The fourth-order valence-corrected chi connectivity index (χ4v) is 2.58. The Bertz CT molecular complexity index is 510. The lowest BCUT2D eigenvalue weighted by atomic mass is 10.0. The van der Waals surface area contributed by atoms with Crippen LogP contribution in [0.15, 0.2) is 16.6 Å². The van der Waals surface area contributed by atoms with Crippen LogP contribution in [0.3, 0.4) is 0 Å². The van der Waals surface area contributed by atoms with Crippen molar-refractivity contribution in [2.24, 2.45) is 5.92 Å². The largest absolute Gasteiger partial charge is 0.493 e. The number of hydrogen-bond donors (Lipinski definition) is 2. The van der Waals surface area contributed by atoms with Crippen molar-refractivity contribution in [2.45, 2.75) is 13.3 Å². The molecule has 1 aliphatic heterocycles. The van der Waals surface area contributed by atoms with Crippen LogP contribution in [-0.4, -0.2) is 39.3 Å². The molecule has 1 aromatic rings. The zero-order valence-corrected chi connectivity index (χ0v) is 15.2. The average Bonchev–Trinajstić information content (AvgIpc) is 2.43. The van der Waals surface area contributed by atoms with Gasteiger partial charge in [0.15, 0.2) is 11.5 Å². The quantitative estimate of drug-likeness (QED) is 0.747. The van der Waals surface area contributed by atoms with Gasteiger partial charge in [-0.15, -0.1) is 12.4 Å². The molecule has 0 radical (unpaired) electrons. The lowest BCUT2D eigenvalue weighted by Gasteiger charge is -2.27. The van der Waals surface area contributed by atoms with E-state index in [-0.39, 0.29) is 18.3 Å². The molecule has 0 aromatic heterocycles. The van der Waals surface area contributed by atoms with Crippen LogP contribution in [0.2, 0.25) is 0 Å². The average molecular weight is 394 g/mol. The molecule has 124 valence electrons. The SMILES string of the molecule is CCCOc1c(Br)cc(C(=O)NCC2CNC2)cc1OC.Cl. The minimum absolute atomic E-state index is 0. The molecule has 1 amide bonds. The molecule has 0 spiro atoms. The maximum Gasteiger partial charge on any atom is 0.251 e. The fraction of sp³-hybridized carbons (Fsp3) is 0.533. The molecule has 1 aromatic carbocycles. The number of ether oxygens (including phenoxy) is 2. The van der Waals surface area contributed by atoms with Crippen LogP contribution in [0.1, 0.15) is 23.7 Å². The second-order valence-corrected chi connectivity index (χ2v) is 5.93. The van der Waals surface area contributed by atoms with Crippen molar-refractivity contribution in [3.05, 3.63) is 22.2 Å². The number of hydrogen-bond acceptors (Lipinski definition) is 4. The van der Waals surface area contributed by atoms with E-state index in [9.17, 15) is 4.79 Å². The van der Waals surface area contributed by atoms with E-state index in [1.165, 1.54) is 0 Å². The summed E-state index contributed by atoms with van der Waals surface area (Å²) in [4.78, 5) is 12.2. The Balaban J connectivity index is 0.00000242. The van der Waals surface area contributed by atoms with Gasteiger partial charge >= 0.3 is 0 Å². The van der Waals surface area contributed by atoms with Crippen LogP contribution >= 0.6 is 28.3 Å². The topological polar surface area (TPSA) is 59.6 Å². The second-order valence-electron chi connectivity index (χ2n) is 5.07. The number of rotatable bonds is 7. The molecule has 1 aliphatic rings. The summed E-state index contributed by atoms with van der Waals surface area (Å²) in [6.45, 7) is 5.28. The first-order valence-corrected chi connectivity index (χ1v) is 7.94. The summed E-state index contributed by atoms with van der Waals surface area (Å²) in [5.74, 6) is 1.64. The molecule has 0 atom stereocenters. The van der Waals surface area contributed by atoms with Gasteiger partial charge < -0.3 is 20.1 Å². The highest BCUT2D eigenvalue weighted by atomic mass is 79.9. The molecule has 0 aliphatic carbocycles. The van der Waals surface area contributed by atoms with E-state index in [0.717, 1.165) is 24.0 Å². The van der Waals surface area contributed by atoms with E-state index < -0.39 is 0 Å². The molecule has 0 bridgehead atoms. The summed E-state index contributed by atoms with van der Waals surface area (Å²) in [5.41, 5.74) is 0.565. The third-order valence-corrected chi connectivity index (χ3v) is 3.95. The van der Waals surface area contributed by atoms with Crippen molar-refractivity contribution in [3.8, 4) is 11.5 Å². The molecule has 0 saturated carbocycles. The van der Waals surface area contributed by atoms with E-state index in [1.54, 1.807) is 19.2 Å². The number of nitrogens with one attached hydrogen (secondary N) is 2. The van der Waals surface area contributed by atoms with Crippen molar-refractivity contribution in [3.63, 3.8) is 0 Å². The number of amides is 1. The summed E-state index contributed by atoms with van der Waals surface area (Å²) in [5, 5.41) is 6.13. The molecule has 2 rings (SSSR count). The molecule has 7 heteroatoms. The standard InChI is InChI=1S/C15H21BrN2O3.ClH/c1-3-4-21-14-12(16)5-11(6-13(14)20-2)15(19)18-9-10-7-17-8-10;/h5-6,10,17H,3-4,7-9H2,1-2H3,(H,18,19);1H. The third-order valence-electron chi connectivity index (χ3n) is 3.36. The Morgan fingerprint density at radius 1 is 1.45 bits per heavy atom. The first kappa shape index (κ1) is 19.1. The van der Waals surface area contributed by atoms with Crippen LogP contribution < -0.4 is 20.1 Å². The van der Waals surface area contributed by atoms with Crippen LogP contribution in [0.25, 0.3) is 0 Å².